The molecule has 0 aliphatic carbocycles. The van der Waals surface area contributed by atoms with Crippen molar-refractivity contribution in [3.05, 3.63) is 110 Å². The molecule has 8 heteroatoms. The minimum atomic E-state index is -0.411. The van der Waals surface area contributed by atoms with Gasteiger partial charge in [-0.1, -0.05) is 36.4 Å². The van der Waals surface area contributed by atoms with Gasteiger partial charge < -0.3 is 4.57 Å². The van der Waals surface area contributed by atoms with Crippen LogP contribution < -0.4 is 0 Å². The summed E-state index contributed by atoms with van der Waals surface area (Å²) in [4.78, 5) is 38.3. The van der Waals surface area contributed by atoms with Crippen LogP contribution in [-0.4, -0.2) is 25.5 Å². The summed E-state index contributed by atoms with van der Waals surface area (Å²) < 4.78 is 2.00. The number of aromatic nitrogens is 1. The molecule has 0 atom stereocenters. The predicted octanol–water partition coefficient (Wildman–Crippen LogP) is 6.70. The topological polar surface area (TPSA) is 85.4 Å². The van der Waals surface area contributed by atoms with Crippen molar-refractivity contribution in [3.8, 4) is 5.69 Å². The smallest absolute Gasteiger partial charge is 0.293 e. The van der Waals surface area contributed by atoms with Crippen molar-refractivity contribution >= 4 is 45.4 Å². The summed E-state index contributed by atoms with van der Waals surface area (Å²) in [6.07, 6.45) is 1.75. The normalized spacial score (nSPS) is 14.9. The van der Waals surface area contributed by atoms with Crippen molar-refractivity contribution in [3.63, 3.8) is 0 Å². The number of non-ortho nitro benzene ring substituents is 1. The molecular formula is C28H23N3O4S. The van der Waals surface area contributed by atoms with Crippen LogP contribution in [-0.2, 0) is 11.3 Å². The zero-order valence-electron chi connectivity index (χ0n) is 20.0. The first-order chi connectivity index (χ1) is 17.2. The van der Waals surface area contributed by atoms with Crippen LogP contribution in [0.2, 0.25) is 0 Å². The van der Waals surface area contributed by atoms with Crippen LogP contribution in [0.4, 0.5) is 10.5 Å². The van der Waals surface area contributed by atoms with Crippen LogP contribution >= 0.6 is 11.8 Å². The summed E-state index contributed by atoms with van der Waals surface area (Å²) in [5.74, 6) is -0.311. The van der Waals surface area contributed by atoms with E-state index < -0.39 is 4.92 Å². The van der Waals surface area contributed by atoms with Crippen LogP contribution in [0.5, 0.6) is 0 Å². The van der Waals surface area contributed by atoms with E-state index in [0.29, 0.717) is 4.91 Å². The number of carbonyl (C=O) groups excluding carboxylic acids is 2. The molecule has 180 valence electrons. The van der Waals surface area contributed by atoms with Crippen molar-refractivity contribution in [2.24, 2.45) is 0 Å². The van der Waals surface area contributed by atoms with Crippen LogP contribution in [0, 0.1) is 30.9 Å². The van der Waals surface area contributed by atoms with E-state index in [-0.39, 0.29) is 23.4 Å². The van der Waals surface area contributed by atoms with Gasteiger partial charge in [0.25, 0.3) is 16.8 Å². The number of hydrogen-bond donors (Lipinski definition) is 0. The second-order valence-corrected chi connectivity index (χ2v) is 9.83. The molecule has 3 aromatic carbocycles. The van der Waals surface area contributed by atoms with Gasteiger partial charge in [0.1, 0.15) is 0 Å². The van der Waals surface area contributed by atoms with E-state index in [4.69, 9.17) is 0 Å². The monoisotopic (exact) mass is 497 g/mol. The third-order valence-corrected chi connectivity index (χ3v) is 7.32. The van der Waals surface area contributed by atoms with Crippen molar-refractivity contribution < 1.29 is 14.5 Å². The highest BCUT2D eigenvalue weighted by molar-refractivity contribution is 8.18. The van der Waals surface area contributed by atoms with Gasteiger partial charge in [0.15, 0.2) is 0 Å². The van der Waals surface area contributed by atoms with Gasteiger partial charge in [-0.15, -0.1) is 0 Å². The molecule has 4 aromatic rings. The first-order valence-corrected chi connectivity index (χ1v) is 12.2. The third-order valence-electron chi connectivity index (χ3n) is 6.42. The average molecular weight is 498 g/mol. The first kappa shape index (κ1) is 23.6. The molecule has 1 saturated heterocycles. The van der Waals surface area contributed by atoms with Crippen molar-refractivity contribution in [1.29, 1.82) is 0 Å². The summed E-state index contributed by atoms with van der Waals surface area (Å²) in [5.41, 5.74) is 5.16. The van der Waals surface area contributed by atoms with Crippen LogP contribution in [0.15, 0.2) is 71.6 Å². The number of aryl methyl sites for hydroxylation is 2. The molecule has 2 heterocycles. The quantitative estimate of drug-likeness (QED) is 0.174. The number of amides is 2. The maximum Gasteiger partial charge on any atom is 0.293 e. The Kier molecular flexibility index (Phi) is 5.97. The Morgan fingerprint density at radius 2 is 1.69 bits per heavy atom. The number of nitro groups is 1. The summed E-state index contributed by atoms with van der Waals surface area (Å²) in [5, 5.41) is 13.0. The number of fused-ring (bicyclic) bond motifs is 1. The molecule has 1 aliphatic heterocycles. The second-order valence-electron chi connectivity index (χ2n) is 8.84. The summed E-state index contributed by atoms with van der Waals surface area (Å²) in [7, 11) is 0. The number of benzene rings is 3. The Labute approximate surface area is 212 Å². The highest BCUT2D eigenvalue weighted by Gasteiger charge is 2.35. The maximum atomic E-state index is 13.2. The SMILES string of the molecule is Cc1cc([N+](=O)[O-])ccc1-n1c(C)cc(/C=C2\SC(=O)N(Cc3ccc4ccccc4c3)C2=O)c1C. The molecule has 1 fully saturated rings. The molecule has 0 spiro atoms. The number of thioether (sulfide) groups is 1. The molecule has 7 nitrogen and oxygen atoms in total. The molecule has 0 saturated carbocycles. The van der Waals surface area contributed by atoms with Crippen molar-refractivity contribution in [1.82, 2.24) is 9.47 Å². The largest absolute Gasteiger partial charge is 0.318 e. The molecule has 1 aromatic heterocycles. The van der Waals surface area contributed by atoms with Gasteiger partial charge >= 0.3 is 0 Å². The molecule has 2 amide bonds. The summed E-state index contributed by atoms with van der Waals surface area (Å²) >= 11 is 0.942. The van der Waals surface area contributed by atoms with Gasteiger partial charge in [-0.25, -0.2) is 0 Å². The lowest BCUT2D eigenvalue weighted by molar-refractivity contribution is -0.384. The van der Waals surface area contributed by atoms with Crippen molar-refractivity contribution in [2.45, 2.75) is 27.3 Å². The van der Waals surface area contributed by atoms with E-state index in [0.717, 1.165) is 56.3 Å². The Bertz CT molecular complexity index is 1600. The minimum absolute atomic E-state index is 0.0408. The Balaban J connectivity index is 1.43. The maximum absolute atomic E-state index is 13.2. The van der Waals surface area contributed by atoms with Gasteiger partial charge in [-0.3, -0.25) is 24.6 Å². The predicted molar refractivity (Wildman–Crippen MR) is 142 cm³/mol. The number of nitro benzene ring substituents is 1. The number of nitrogens with zero attached hydrogens (tertiary/aromatic N) is 3. The fraction of sp³-hybridized carbons (Fsp3) is 0.143. The molecule has 0 bridgehead atoms. The highest BCUT2D eigenvalue weighted by Crippen LogP contribution is 2.35. The molecule has 0 N–H and O–H groups in total. The number of rotatable bonds is 5. The van der Waals surface area contributed by atoms with E-state index >= 15 is 0 Å². The van der Waals surface area contributed by atoms with Gasteiger partial charge in [0, 0.05) is 29.2 Å². The zero-order chi connectivity index (χ0) is 25.6. The molecule has 36 heavy (non-hydrogen) atoms. The standard InChI is InChI=1S/C28H23N3O4S/c1-17-12-24(31(34)35)10-11-25(17)30-18(2)13-23(19(30)3)15-26-27(32)29(28(33)36-26)16-20-8-9-21-6-4-5-7-22(21)14-20/h4-15H,16H2,1-3H3/b26-15-. The van der Waals surface area contributed by atoms with E-state index in [1.165, 1.54) is 11.0 Å². The molecular weight excluding hydrogens is 474 g/mol. The summed E-state index contributed by atoms with van der Waals surface area (Å²) in [6, 6.07) is 20.6. The van der Waals surface area contributed by atoms with Gasteiger partial charge in [0.2, 0.25) is 0 Å². The van der Waals surface area contributed by atoms with Crippen LogP contribution in [0.3, 0.4) is 0 Å². The zero-order valence-corrected chi connectivity index (χ0v) is 20.8. The van der Waals surface area contributed by atoms with E-state index in [2.05, 4.69) is 0 Å². The Morgan fingerprint density at radius 1 is 0.944 bits per heavy atom. The molecule has 1 aliphatic rings. The molecule has 0 radical (unpaired) electrons. The number of carbonyl (C=O) groups is 2. The fourth-order valence-corrected chi connectivity index (χ4v) is 5.43. The van der Waals surface area contributed by atoms with Gasteiger partial charge in [0.05, 0.1) is 16.4 Å². The minimum Gasteiger partial charge on any atom is -0.318 e. The first-order valence-electron chi connectivity index (χ1n) is 11.4. The van der Waals surface area contributed by atoms with E-state index in [9.17, 15) is 19.7 Å². The number of hydrogen-bond acceptors (Lipinski definition) is 5. The lowest BCUT2D eigenvalue weighted by Gasteiger charge is -2.13. The highest BCUT2D eigenvalue weighted by atomic mass is 32.2. The fourth-order valence-electron chi connectivity index (χ4n) is 4.61. The van der Waals surface area contributed by atoms with Crippen LogP contribution in [0.1, 0.15) is 28.1 Å². The Morgan fingerprint density at radius 3 is 2.42 bits per heavy atom. The second kappa shape index (κ2) is 9.13. The summed E-state index contributed by atoms with van der Waals surface area (Å²) in [6.45, 7) is 5.92. The van der Waals surface area contributed by atoms with E-state index in [1.807, 2.05) is 73.9 Å². The molecule has 5 rings (SSSR count). The molecule has 0 unspecified atom stereocenters. The van der Waals surface area contributed by atoms with E-state index in [1.54, 1.807) is 18.2 Å². The average Bonchev–Trinajstić information content (AvgIpc) is 3.28. The van der Waals surface area contributed by atoms with Crippen molar-refractivity contribution in [2.75, 3.05) is 0 Å². The van der Waals surface area contributed by atoms with Gasteiger partial charge in [-0.05, 0) is 84.3 Å². The Hall–Kier alpha value is -4.17. The lowest BCUT2D eigenvalue weighted by Crippen LogP contribution is -2.27. The number of imide groups is 1. The van der Waals surface area contributed by atoms with Crippen LogP contribution in [0.25, 0.3) is 22.5 Å². The third kappa shape index (κ3) is 4.20. The lowest BCUT2D eigenvalue weighted by atomic mass is 10.1. The van der Waals surface area contributed by atoms with Gasteiger partial charge in [-0.2, -0.15) is 0 Å².